The molecule has 2 aromatic rings. The van der Waals surface area contributed by atoms with Gasteiger partial charge in [-0.3, -0.25) is 4.79 Å². The van der Waals surface area contributed by atoms with Crippen molar-refractivity contribution in [2.45, 2.75) is 66.7 Å². The number of benzene rings is 2. The summed E-state index contributed by atoms with van der Waals surface area (Å²) in [6, 6.07) is 7.67. The molecule has 0 amide bonds. The molecule has 0 radical (unpaired) electrons. The number of aryl methyl sites for hydroxylation is 3. The average molecular weight is 418 g/mol. The van der Waals surface area contributed by atoms with Gasteiger partial charge >= 0.3 is 10.3 Å². The van der Waals surface area contributed by atoms with E-state index in [1.165, 1.54) is 0 Å². The predicted molar refractivity (Wildman–Crippen MR) is 117 cm³/mol. The van der Waals surface area contributed by atoms with Crippen LogP contribution in [0.4, 0.5) is 0 Å². The van der Waals surface area contributed by atoms with Gasteiger partial charge in [0.2, 0.25) is 0 Å². The van der Waals surface area contributed by atoms with Crippen molar-refractivity contribution in [1.29, 1.82) is 0 Å². The smallest absolute Gasteiger partial charge is 0.370 e. The van der Waals surface area contributed by atoms with Gasteiger partial charge in [0, 0.05) is 17.5 Å². The Kier molecular flexibility index (Phi) is 6.91. The van der Waals surface area contributed by atoms with E-state index in [1.54, 1.807) is 12.1 Å². The Morgan fingerprint density at radius 3 is 2.00 bits per heavy atom. The summed E-state index contributed by atoms with van der Waals surface area (Å²) in [6.07, 6.45) is 0.244. The Labute approximate surface area is 174 Å². The summed E-state index contributed by atoms with van der Waals surface area (Å²) in [4.78, 5) is 13.3. The molecule has 2 N–H and O–H groups in total. The molecule has 6 heteroatoms. The summed E-state index contributed by atoms with van der Waals surface area (Å²) < 4.78 is 28.6. The van der Waals surface area contributed by atoms with Crippen molar-refractivity contribution < 1.29 is 17.4 Å². The fourth-order valence-electron chi connectivity index (χ4n) is 3.84. The van der Waals surface area contributed by atoms with Crippen molar-refractivity contribution in [3.63, 3.8) is 0 Å². The van der Waals surface area contributed by atoms with Crippen molar-refractivity contribution in [2.75, 3.05) is 0 Å². The number of hydrogen-bond donors (Lipinski definition) is 1. The van der Waals surface area contributed by atoms with Crippen molar-refractivity contribution in [3.05, 3.63) is 63.2 Å². The molecule has 0 heterocycles. The van der Waals surface area contributed by atoms with E-state index in [2.05, 4.69) is 12.1 Å². The molecular formula is C23H31NO4S. The Balaban J connectivity index is 2.63. The molecule has 2 aromatic carbocycles. The van der Waals surface area contributed by atoms with Crippen LogP contribution in [0, 0.1) is 20.8 Å². The summed E-state index contributed by atoms with van der Waals surface area (Å²) in [7, 11) is -4.22. The molecule has 2 rings (SSSR count). The second kappa shape index (κ2) is 8.67. The van der Waals surface area contributed by atoms with Gasteiger partial charge in [0.25, 0.3) is 0 Å². The largest absolute Gasteiger partial charge is 0.380 e. The van der Waals surface area contributed by atoms with Crippen molar-refractivity contribution in [1.82, 2.24) is 0 Å². The molecule has 5 nitrogen and oxygen atoms in total. The number of carbonyl (C=O) groups excluding carboxylic acids is 1. The molecule has 0 aliphatic carbocycles. The number of Topliss-reactive ketones (excluding diaryl/α,β-unsaturated/α-hetero) is 1. The molecule has 0 fully saturated rings. The minimum absolute atomic E-state index is 0.00925. The highest BCUT2D eigenvalue weighted by atomic mass is 32.2. The molecule has 29 heavy (non-hydrogen) atoms. The van der Waals surface area contributed by atoms with E-state index in [0.717, 1.165) is 22.3 Å². The summed E-state index contributed by atoms with van der Waals surface area (Å²) in [5, 5.41) is 5.17. The van der Waals surface area contributed by atoms with Gasteiger partial charge in [0.15, 0.2) is 11.5 Å². The SMILES string of the molecule is Cc1cc(C)c(CC(=O)c2ccc(C(C)C)c(OS(N)(=O)=O)c2C(C)C)c(C)c1. The zero-order valence-electron chi connectivity index (χ0n) is 18.3. The highest BCUT2D eigenvalue weighted by Crippen LogP contribution is 2.38. The summed E-state index contributed by atoms with van der Waals surface area (Å²) in [5.41, 5.74) is 6.06. The zero-order chi connectivity index (χ0) is 22.1. The fourth-order valence-corrected chi connectivity index (χ4v) is 4.26. The van der Waals surface area contributed by atoms with Gasteiger partial charge in [-0.05, 0) is 54.9 Å². The van der Waals surface area contributed by atoms with Gasteiger partial charge in [-0.25, -0.2) is 0 Å². The Morgan fingerprint density at radius 2 is 1.55 bits per heavy atom. The normalized spacial score (nSPS) is 11.9. The monoisotopic (exact) mass is 417 g/mol. The first-order valence-electron chi connectivity index (χ1n) is 9.80. The first-order valence-corrected chi connectivity index (χ1v) is 11.3. The Hall–Kier alpha value is -2.18. The maximum atomic E-state index is 13.3. The summed E-state index contributed by atoms with van der Waals surface area (Å²) in [5.74, 6) is -0.00127. The highest BCUT2D eigenvalue weighted by molar-refractivity contribution is 7.84. The summed E-state index contributed by atoms with van der Waals surface area (Å²) in [6.45, 7) is 13.7. The van der Waals surface area contributed by atoms with Crippen LogP contribution < -0.4 is 9.32 Å². The molecule has 0 atom stereocenters. The lowest BCUT2D eigenvalue weighted by molar-refractivity contribution is 0.0991. The molecule has 0 saturated heterocycles. The van der Waals surface area contributed by atoms with Crippen molar-refractivity contribution >= 4 is 16.1 Å². The molecule has 0 unspecified atom stereocenters. The third kappa shape index (κ3) is 5.46. The molecule has 158 valence electrons. The van der Waals surface area contributed by atoms with E-state index in [1.807, 2.05) is 48.5 Å². The van der Waals surface area contributed by atoms with E-state index < -0.39 is 10.3 Å². The van der Waals surface area contributed by atoms with Crippen molar-refractivity contribution in [3.8, 4) is 5.75 Å². The third-order valence-electron chi connectivity index (χ3n) is 5.10. The predicted octanol–water partition coefficient (Wildman–Crippen LogP) is 4.87. The van der Waals surface area contributed by atoms with Crippen LogP contribution in [-0.4, -0.2) is 14.2 Å². The molecule has 0 spiro atoms. The van der Waals surface area contributed by atoms with Crippen LogP contribution in [0.1, 0.15) is 83.3 Å². The van der Waals surface area contributed by atoms with Gasteiger partial charge in [0.05, 0.1) is 0 Å². The van der Waals surface area contributed by atoms with E-state index in [4.69, 9.17) is 9.32 Å². The van der Waals surface area contributed by atoms with Crippen LogP contribution in [0.3, 0.4) is 0 Å². The standard InChI is InChI=1S/C23H31NO4S/c1-13(2)18-8-9-19(22(14(3)4)23(18)28-29(24,26)27)21(25)12-20-16(6)10-15(5)11-17(20)7/h8-11,13-14H,12H2,1-7H3,(H2,24,26,27). The summed E-state index contributed by atoms with van der Waals surface area (Å²) >= 11 is 0. The minimum Gasteiger partial charge on any atom is -0.370 e. The van der Waals surface area contributed by atoms with Crippen molar-refractivity contribution in [2.24, 2.45) is 5.14 Å². The quantitative estimate of drug-likeness (QED) is 0.651. The van der Waals surface area contributed by atoms with Crippen LogP contribution in [0.5, 0.6) is 5.75 Å². The van der Waals surface area contributed by atoms with Gasteiger partial charge < -0.3 is 4.18 Å². The van der Waals surface area contributed by atoms with E-state index in [-0.39, 0.29) is 29.8 Å². The van der Waals surface area contributed by atoms with E-state index in [0.29, 0.717) is 16.7 Å². The van der Waals surface area contributed by atoms with Gasteiger partial charge in [-0.15, -0.1) is 0 Å². The number of ketones is 1. The fraction of sp³-hybridized carbons (Fsp3) is 0.435. The molecular weight excluding hydrogens is 386 g/mol. The molecule has 0 aliphatic rings. The highest BCUT2D eigenvalue weighted by Gasteiger charge is 2.25. The lowest BCUT2D eigenvalue weighted by Crippen LogP contribution is -2.22. The molecule has 0 aliphatic heterocycles. The van der Waals surface area contributed by atoms with Gasteiger partial charge in [-0.2, -0.15) is 13.6 Å². The van der Waals surface area contributed by atoms with Crippen LogP contribution in [-0.2, 0) is 16.7 Å². The maximum Gasteiger partial charge on any atom is 0.380 e. The maximum absolute atomic E-state index is 13.3. The van der Waals surface area contributed by atoms with Crippen LogP contribution in [0.2, 0.25) is 0 Å². The Morgan fingerprint density at radius 1 is 1.00 bits per heavy atom. The van der Waals surface area contributed by atoms with Crippen LogP contribution >= 0.6 is 0 Å². The number of carbonyl (C=O) groups is 1. The van der Waals surface area contributed by atoms with Gasteiger partial charge in [-0.1, -0.05) is 57.5 Å². The van der Waals surface area contributed by atoms with Crippen LogP contribution in [0.15, 0.2) is 24.3 Å². The first kappa shape index (κ1) is 23.1. The molecule has 0 aromatic heterocycles. The van der Waals surface area contributed by atoms with Crippen LogP contribution in [0.25, 0.3) is 0 Å². The number of hydrogen-bond acceptors (Lipinski definition) is 4. The second-order valence-electron chi connectivity index (χ2n) is 8.31. The third-order valence-corrected chi connectivity index (χ3v) is 5.50. The number of rotatable bonds is 7. The lowest BCUT2D eigenvalue weighted by atomic mass is 9.86. The topological polar surface area (TPSA) is 86.5 Å². The second-order valence-corrected chi connectivity index (χ2v) is 9.46. The first-order chi connectivity index (χ1) is 13.3. The minimum atomic E-state index is -4.22. The van der Waals surface area contributed by atoms with Gasteiger partial charge in [0.1, 0.15) is 0 Å². The molecule has 0 bridgehead atoms. The lowest BCUT2D eigenvalue weighted by Gasteiger charge is -2.22. The van der Waals surface area contributed by atoms with E-state index in [9.17, 15) is 13.2 Å². The average Bonchev–Trinajstić information content (AvgIpc) is 2.55. The van der Waals surface area contributed by atoms with E-state index >= 15 is 0 Å². The Bertz CT molecular complexity index is 1010. The molecule has 0 saturated carbocycles. The number of nitrogens with two attached hydrogens (primary N) is 1. The zero-order valence-corrected chi connectivity index (χ0v) is 19.1.